The van der Waals surface area contributed by atoms with Crippen LogP contribution >= 0.6 is 0 Å². The first-order chi connectivity index (χ1) is 8.93. The highest BCUT2D eigenvalue weighted by Gasteiger charge is 2.31. The Bertz CT molecular complexity index is 572. The number of fused-ring (bicyclic) bond motifs is 1. The van der Waals surface area contributed by atoms with E-state index in [-0.39, 0.29) is 11.3 Å². The average Bonchev–Trinajstić information content (AvgIpc) is 2.68. The fourth-order valence-electron chi connectivity index (χ4n) is 1.93. The molecule has 0 atom stereocenters. The Morgan fingerprint density at radius 3 is 2.58 bits per heavy atom. The zero-order valence-electron chi connectivity index (χ0n) is 10.3. The van der Waals surface area contributed by atoms with Gasteiger partial charge in [-0.1, -0.05) is 6.92 Å². The van der Waals surface area contributed by atoms with Gasteiger partial charge in [-0.05, 0) is 24.6 Å². The van der Waals surface area contributed by atoms with Gasteiger partial charge in [0.25, 0.3) is 0 Å². The predicted octanol–water partition coefficient (Wildman–Crippen LogP) is 3.78. The van der Waals surface area contributed by atoms with Crippen LogP contribution in [0.2, 0.25) is 0 Å². The summed E-state index contributed by atoms with van der Waals surface area (Å²) in [6.45, 7) is 1.56. The summed E-state index contributed by atoms with van der Waals surface area (Å²) in [7, 11) is 0. The van der Waals surface area contributed by atoms with Crippen molar-refractivity contribution < 1.29 is 27.4 Å². The number of hydrogen-bond donors (Lipinski definition) is 1. The molecule has 104 valence electrons. The summed E-state index contributed by atoms with van der Waals surface area (Å²) in [5.74, 6) is 0.323. The summed E-state index contributed by atoms with van der Waals surface area (Å²) in [4.78, 5) is 0. The van der Waals surface area contributed by atoms with Gasteiger partial charge in [0, 0.05) is 17.4 Å². The molecular weight excluding hydrogens is 261 g/mol. The SMILES string of the molecule is CCCc1cc2cc(OC(F)(F)F)cc(CO)c2o1. The molecular formula is C13H13F3O3. The van der Waals surface area contributed by atoms with E-state index >= 15 is 0 Å². The van der Waals surface area contributed by atoms with E-state index in [0.29, 0.717) is 23.2 Å². The second-order valence-corrected chi connectivity index (χ2v) is 4.17. The maximum atomic E-state index is 12.2. The van der Waals surface area contributed by atoms with E-state index in [1.54, 1.807) is 6.07 Å². The predicted molar refractivity (Wildman–Crippen MR) is 62.8 cm³/mol. The van der Waals surface area contributed by atoms with Gasteiger partial charge < -0.3 is 14.3 Å². The van der Waals surface area contributed by atoms with Gasteiger partial charge in [0.2, 0.25) is 0 Å². The number of aryl methyl sites for hydroxylation is 1. The molecule has 0 saturated heterocycles. The lowest BCUT2D eigenvalue weighted by atomic mass is 10.1. The van der Waals surface area contributed by atoms with Crippen molar-refractivity contribution >= 4 is 11.0 Å². The van der Waals surface area contributed by atoms with Crippen molar-refractivity contribution in [3.63, 3.8) is 0 Å². The minimum absolute atomic E-state index is 0.277. The molecule has 0 unspecified atom stereocenters. The smallest absolute Gasteiger partial charge is 0.461 e. The number of aliphatic hydroxyl groups excluding tert-OH is 1. The van der Waals surface area contributed by atoms with Gasteiger partial charge in [0.1, 0.15) is 17.1 Å². The van der Waals surface area contributed by atoms with Crippen LogP contribution in [0.25, 0.3) is 11.0 Å². The highest BCUT2D eigenvalue weighted by Crippen LogP contribution is 2.31. The number of aliphatic hydroxyl groups is 1. The molecule has 0 spiro atoms. The molecule has 0 saturated carbocycles. The van der Waals surface area contributed by atoms with E-state index < -0.39 is 13.0 Å². The minimum atomic E-state index is -4.75. The summed E-state index contributed by atoms with van der Waals surface area (Å²) < 4.78 is 46.0. The Balaban J connectivity index is 2.46. The average molecular weight is 274 g/mol. The molecule has 0 aliphatic heterocycles. The molecule has 6 heteroatoms. The summed E-state index contributed by atoms with van der Waals surface area (Å²) in [5, 5.41) is 9.70. The summed E-state index contributed by atoms with van der Waals surface area (Å²) in [6, 6.07) is 4.06. The summed E-state index contributed by atoms with van der Waals surface area (Å²) >= 11 is 0. The second kappa shape index (κ2) is 5.13. The fourth-order valence-corrected chi connectivity index (χ4v) is 1.93. The first-order valence-corrected chi connectivity index (χ1v) is 5.85. The lowest BCUT2D eigenvalue weighted by Gasteiger charge is -2.09. The Morgan fingerprint density at radius 1 is 1.26 bits per heavy atom. The number of halogens is 3. The quantitative estimate of drug-likeness (QED) is 0.922. The van der Waals surface area contributed by atoms with Gasteiger partial charge in [0.15, 0.2) is 0 Å². The van der Waals surface area contributed by atoms with Crippen molar-refractivity contribution in [3.05, 3.63) is 29.5 Å². The van der Waals surface area contributed by atoms with E-state index in [1.807, 2.05) is 6.92 Å². The highest BCUT2D eigenvalue weighted by molar-refractivity contribution is 5.83. The van der Waals surface area contributed by atoms with Gasteiger partial charge in [-0.25, -0.2) is 0 Å². The molecule has 2 rings (SSSR count). The number of hydrogen-bond acceptors (Lipinski definition) is 3. The lowest BCUT2D eigenvalue weighted by molar-refractivity contribution is -0.274. The molecule has 0 aliphatic carbocycles. The molecule has 0 aliphatic rings. The van der Waals surface area contributed by atoms with Crippen molar-refractivity contribution in [1.82, 2.24) is 0 Å². The zero-order chi connectivity index (χ0) is 14.0. The zero-order valence-corrected chi connectivity index (χ0v) is 10.3. The number of alkyl halides is 3. The normalized spacial score (nSPS) is 12.1. The maximum absolute atomic E-state index is 12.2. The molecule has 1 heterocycles. The Kier molecular flexibility index (Phi) is 3.71. The third-order valence-electron chi connectivity index (χ3n) is 2.62. The Labute approximate surface area is 107 Å². The van der Waals surface area contributed by atoms with E-state index in [4.69, 9.17) is 4.42 Å². The molecule has 2 aromatic rings. The number of rotatable bonds is 4. The van der Waals surface area contributed by atoms with Crippen LogP contribution in [-0.2, 0) is 13.0 Å². The lowest BCUT2D eigenvalue weighted by Crippen LogP contribution is -2.17. The number of benzene rings is 1. The number of furan rings is 1. The summed E-state index contributed by atoms with van der Waals surface area (Å²) in [6.07, 6.45) is -3.20. The van der Waals surface area contributed by atoms with Gasteiger partial charge in [-0.15, -0.1) is 13.2 Å². The molecule has 19 heavy (non-hydrogen) atoms. The first-order valence-electron chi connectivity index (χ1n) is 5.85. The molecule has 0 fully saturated rings. The van der Waals surface area contributed by atoms with Gasteiger partial charge >= 0.3 is 6.36 Å². The Hall–Kier alpha value is -1.69. The van der Waals surface area contributed by atoms with Gasteiger partial charge in [-0.3, -0.25) is 0 Å². The molecule has 0 radical (unpaired) electrons. The van der Waals surface area contributed by atoms with E-state index in [9.17, 15) is 18.3 Å². The molecule has 3 nitrogen and oxygen atoms in total. The first kappa shape index (κ1) is 13.7. The van der Waals surface area contributed by atoms with Crippen molar-refractivity contribution in [1.29, 1.82) is 0 Å². The number of ether oxygens (including phenoxy) is 1. The fraction of sp³-hybridized carbons (Fsp3) is 0.385. The van der Waals surface area contributed by atoms with Gasteiger partial charge in [0.05, 0.1) is 6.61 Å². The monoisotopic (exact) mass is 274 g/mol. The van der Waals surface area contributed by atoms with Crippen LogP contribution in [0.3, 0.4) is 0 Å². The topological polar surface area (TPSA) is 42.6 Å². The van der Waals surface area contributed by atoms with Crippen molar-refractivity contribution in [2.45, 2.75) is 32.7 Å². The van der Waals surface area contributed by atoms with Crippen LogP contribution in [0.15, 0.2) is 22.6 Å². The third kappa shape index (κ3) is 3.20. The summed E-state index contributed by atoms with van der Waals surface area (Å²) in [5.41, 5.74) is 0.680. The maximum Gasteiger partial charge on any atom is 0.573 e. The minimum Gasteiger partial charge on any atom is -0.461 e. The van der Waals surface area contributed by atoms with Crippen LogP contribution in [-0.4, -0.2) is 11.5 Å². The van der Waals surface area contributed by atoms with E-state index in [0.717, 1.165) is 12.5 Å². The molecule has 1 aromatic heterocycles. The second-order valence-electron chi connectivity index (χ2n) is 4.17. The third-order valence-corrected chi connectivity index (χ3v) is 2.62. The van der Waals surface area contributed by atoms with E-state index in [1.165, 1.54) is 6.07 Å². The largest absolute Gasteiger partial charge is 0.573 e. The van der Waals surface area contributed by atoms with Crippen LogP contribution in [0.1, 0.15) is 24.7 Å². The Morgan fingerprint density at radius 2 is 2.00 bits per heavy atom. The molecule has 0 amide bonds. The van der Waals surface area contributed by atoms with Crippen LogP contribution in [0.5, 0.6) is 5.75 Å². The molecule has 0 bridgehead atoms. The van der Waals surface area contributed by atoms with E-state index in [2.05, 4.69) is 4.74 Å². The van der Waals surface area contributed by atoms with Crippen molar-refractivity contribution in [2.75, 3.05) is 0 Å². The van der Waals surface area contributed by atoms with Crippen molar-refractivity contribution in [2.24, 2.45) is 0 Å². The highest BCUT2D eigenvalue weighted by atomic mass is 19.4. The standard InChI is InChI=1S/C13H13F3O3/c1-2-3-10-4-8-5-11(19-13(14,15)16)6-9(7-17)12(8)18-10/h4-6,17H,2-3,7H2,1H3. The van der Waals surface area contributed by atoms with Crippen LogP contribution < -0.4 is 4.74 Å². The van der Waals surface area contributed by atoms with Gasteiger partial charge in [-0.2, -0.15) is 0 Å². The molecule has 1 aromatic carbocycles. The van der Waals surface area contributed by atoms with Crippen molar-refractivity contribution in [3.8, 4) is 5.75 Å². The molecule has 1 N–H and O–H groups in total. The van der Waals surface area contributed by atoms with Crippen LogP contribution in [0, 0.1) is 0 Å². The van der Waals surface area contributed by atoms with Crippen LogP contribution in [0.4, 0.5) is 13.2 Å².